The lowest BCUT2D eigenvalue weighted by atomic mass is 10.1. The Morgan fingerprint density at radius 1 is 1.19 bits per heavy atom. The third kappa shape index (κ3) is 4.57. The van der Waals surface area contributed by atoms with Gasteiger partial charge in [-0.25, -0.2) is 15.0 Å². The molecular weight excluding hydrogens is 440 g/mol. The number of hydrogen-bond acceptors (Lipinski definition) is 7. The Morgan fingerprint density at radius 3 is 2.66 bits per heavy atom. The second-order valence-electron chi connectivity index (χ2n) is 6.64. The van der Waals surface area contributed by atoms with Gasteiger partial charge in [-0.3, -0.25) is 20.3 Å². The smallest absolute Gasteiger partial charge is 0.387 e. The third-order valence-electron chi connectivity index (χ3n) is 4.45. The number of amidine groups is 1. The quantitative estimate of drug-likeness (QED) is 0.589. The standard InChI is InChI=1S/C21H17F2N5O3S/c1-12-19(30)28(13-7-3-2-4-8-13)27-17(24-12)18(29)26-21-25-15(11-32-21)14-9-5-6-10-16(14)31-20(22)23/h2-12,20H,1H3,(H,24,27)(H,25,26,29). The zero-order chi connectivity index (χ0) is 22.7. The lowest BCUT2D eigenvalue weighted by Gasteiger charge is -2.30. The van der Waals surface area contributed by atoms with Crippen LogP contribution < -0.4 is 20.5 Å². The van der Waals surface area contributed by atoms with E-state index in [1.165, 1.54) is 11.1 Å². The van der Waals surface area contributed by atoms with E-state index < -0.39 is 18.6 Å². The molecule has 1 aliphatic rings. The molecule has 2 amide bonds. The van der Waals surface area contributed by atoms with Crippen LogP contribution in [0.3, 0.4) is 0 Å². The van der Waals surface area contributed by atoms with E-state index in [4.69, 9.17) is 0 Å². The van der Waals surface area contributed by atoms with E-state index in [9.17, 15) is 18.4 Å². The van der Waals surface area contributed by atoms with Gasteiger partial charge in [0.25, 0.3) is 11.8 Å². The maximum absolute atomic E-state index is 12.8. The van der Waals surface area contributed by atoms with Crippen LogP contribution in [-0.2, 0) is 9.59 Å². The highest BCUT2D eigenvalue weighted by Crippen LogP contribution is 2.33. The van der Waals surface area contributed by atoms with Gasteiger partial charge >= 0.3 is 6.61 Å². The molecule has 2 N–H and O–H groups in total. The molecule has 0 bridgehead atoms. The summed E-state index contributed by atoms with van der Waals surface area (Å²) in [6.45, 7) is -1.38. The summed E-state index contributed by atoms with van der Waals surface area (Å²) in [5, 5.41) is 5.73. The van der Waals surface area contributed by atoms with Crippen molar-refractivity contribution in [3.05, 3.63) is 60.0 Å². The predicted octanol–water partition coefficient (Wildman–Crippen LogP) is 3.69. The number of aliphatic imine (C=N–C) groups is 1. The number of nitrogens with one attached hydrogen (secondary N) is 2. The van der Waals surface area contributed by atoms with Gasteiger partial charge in [-0.1, -0.05) is 30.3 Å². The van der Waals surface area contributed by atoms with Crippen LogP contribution in [0, 0.1) is 0 Å². The van der Waals surface area contributed by atoms with Gasteiger partial charge in [0.2, 0.25) is 5.84 Å². The molecule has 0 aliphatic carbocycles. The SMILES string of the molecule is CC1N=C(C(=O)Nc2nc(-c3ccccc3OC(F)F)cs2)NN(c2ccccc2)C1=O. The summed E-state index contributed by atoms with van der Waals surface area (Å²) in [6.07, 6.45) is 0. The van der Waals surface area contributed by atoms with Crippen LogP contribution in [-0.4, -0.2) is 35.3 Å². The van der Waals surface area contributed by atoms with E-state index >= 15 is 0 Å². The number of alkyl halides is 2. The minimum absolute atomic E-state index is 0.0187. The summed E-state index contributed by atoms with van der Waals surface area (Å²) in [7, 11) is 0. The number of thiazole rings is 1. The van der Waals surface area contributed by atoms with Crippen LogP contribution in [0.5, 0.6) is 5.75 Å². The number of ether oxygens (including phenoxy) is 1. The lowest BCUT2D eigenvalue weighted by molar-refractivity contribution is -0.120. The van der Waals surface area contributed by atoms with Crippen molar-refractivity contribution < 1.29 is 23.1 Å². The zero-order valence-corrected chi connectivity index (χ0v) is 17.5. The Morgan fingerprint density at radius 2 is 1.91 bits per heavy atom. The van der Waals surface area contributed by atoms with Gasteiger partial charge in [-0.05, 0) is 31.2 Å². The maximum atomic E-state index is 12.8. The van der Waals surface area contributed by atoms with Crippen LogP contribution in [0.15, 0.2) is 65.0 Å². The van der Waals surface area contributed by atoms with Gasteiger partial charge in [0, 0.05) is 10.9 Å². The molecule has 3 aromatic rings. The number of hydrazine groups is 1. The van der Waals surface area contributed by atoms with Gasteiger partial charge in [0.05, 0.1) is 11.4 Å². The van der Waals surface area contributed by atoms with Gasteiger partial charge in [-0.2, -0.15) is 8.78 Å². The summed E-state index contributed by atoms with van der Waals surface area (Å²) in [4.78, 5) is 33.6. The number of benzene rings is 2. The van der Waals surface area contributed by atoms with Crippen molar-refractivity contribution in [3.8, 4) is 17.0 Å². The highest BCUT2D eigenvalue weighted by atomic mass is 32.1. The molecule has 2 aromatic carbocycles. The van der Waals surface area contributed by atoms with Crippen LogP contribution >= 0.6 is 11.3 Å². The molecule has 32 heavy (non-hydrogen) atoms. The molecule has 0 saturated carbocycles. The Kier molecular flexibility index (Phi) is 6.08. The molecule has 8 nitrogen and oxygen atoms in total. The number of hydrogen-bond donors (Lipinski definition) is 2. The first kappa shape index (κ1) is 21.4. The van der Waals surface area contributed by atoms with E-state index in [-0.39, 0.29) is 22.6 Å². The van der Waals surface area contributed by atoms with Crippen molar-refractivity contribution >= 4 is 39.8 Å². The molecular formula is C21H17F2N5O3S. The summed E-state index contributed by atoms with van der Waals surface area (Å²) >= 11 is 1.11. The number of amides is 2. The number of carbonyl (C=O) groups excluding carboxylic acids is 2. The Balaban J connectivity index is 1.51. The molecule has 1 atom stereocenters. The number of anilines is 2. The fraction of sp³-hybridized carbons (Fsp3) is 0.143. The van der Waals surface area contributed by atoms with Crippen molar-refractivity contribution in [1.29, 1.82) is 0 Å². The summed E-state index contributed by atoms with van der Waals surface area (Å²) < 4.78 is 29.9. The van der Waals surface area contributed by atoms with Gasteiger partial charge in [-0.15, -0.1) is 11.3 Å². The van der Waals surface area contributed by atoms with E-state index in [1.54, 1.807) is 54.8 Å². The Bertz CT molecular complexity index is 1170. The molecule has 2 heterocycles. The van der Waals surface area contributed by atoms with Gasteiger partial charge in [0.15, 0.2) is 5.13 Å². The van der Waals surface area contributed by atoms with Crippen molar-refractivity contribution in [2.24, 2.45) is 4.99 Å². The number of rotatable bonds is 6. The van der Waals surface area contributed by atoms with E-state index in [0.717, 1.165) is 11.3 Å². The molecule has 1 aliphatic heterocycles. The maximum Gasteiger partial charge on any atom is 0.387 e. The highest BCUT2D eigenvalue weighted by Gasteiger charge is 2.31. The molecule has 164 valence electrons. The average molecular weight is 457 g/mol. The molecule has 0 fully saturated rings. The summed E-state index contributed by atoms with van der Waals surface area (Å²) in [6, 6.07) is 14.3. The van der Waals surface area contributed by atoms with Gasteiger partial charge < -0.3 is 4.74 Å². The second-order valence-corrected chi connectivity index (χ2v) is 7.50. The van der Waals surface area contributed by atoms with Crippen LogP contribution in [0.1, 0.15) is 6.92 Å². The molecule has 0 saturated heterocycles. The second kappa shape index (κ2) is 9.10. The average Bonchev–Trinajstić information content (AvgIpc) is 3.24. The van der Waals surface area contributed by atoms with E-state index in [2.05, 4.69) is 25.5 Å². The molecule has 1 unspecified atom stereocenters. The molecule has 0 spiro atoms. The van der Waals surface area contributed by atoms with Crippen molar-refractivity contribution in [2.45, 2.75) is 19.6 Å². The Labute approximate surface area is 185 Å². The first-order chi connectivity index (χ1) is 15.4. The highest BCUT2D eigenvalue weighted by molar-refractivity contribution is 7.14. The van der Waals surface area contributed by atoms with Gasteiger partial charge in [0.1, 0.15) is 11.8 Å². The first-order valence-electron chi connectivity index (χ1n) is 9.47. The molecule has 4 rings (SSSR count). The summed E-state index contributed by atoms with van der Waals surface area (Å²) in [5.41, 5.74) is 4.04. The van der Waals surface area contributed by atoms with E-state index in [1.807, 2.05) is 6.07 Å². The third-order valence-corrected chi connectivity index (χ3v) is 5.21. The van der Waals surface area contributed by atoms with Crippen LogP contribution in [0.2, 0.25) is 0 Å². The first-order valence-corrected chi connectivity index (χ1v) is 10.3. The number of aromatic nitrogens is 1. The normalized spacial score (nSPS) is 15.9. The minimum atomic E-state index is -2.97. The lowest BCUT2D eigenvalue weighted by Crippen LogP contribution is -2.57. The van der Waals surface area contributed by atoms with Crippen molar-refractivity contribution in [1.82, 2.24) is 10.4 Å². The number of nitrogens with zero attached hydrogens (tertiary/aromatic N) is 3. The molecule has 0 radical (unpaired) electrons. The van der Waals surface area contributed by atoms with E-state index in [0.29, 0.717) is 16.9 Å². The van der Waals surface area contributed by atoms with Crippen LogP contribution in [0.4, 0.5) is 19.6 Å². The topological polar surface area (TPSA) is 95.9 Å². The minimum Gasteiger partial charge on any atom is -0.434 e. The van der Waals surface area contributed by atoms with Crippen molar-refractivity contribution in [2.75, 3.05) is 10.3 Å². The van der Waals surface area contributed by atoms with Crippen LogP contribution in [0.25, 0.3) is 11.3 Å². The Hall–Kier alpha value is -3.86. The molecule has 1 aromatic heterocycles. The zero-order valence-electron chi connectivity index (χ0n) is 16.7. The fourth-order valence-electron chi connectivity index (χ4n) is 2.99. The molecule has 11 heteroatoms. The monoisotopic (exact) mass is 457 g/mol. The van der Waals surface area contributed by atoms with Crippen molar-refractivity contribution in [3.63, 3.8) is 0 Å². The summed E-state index contributed by atoms with van der Waals surface area (Å²) in [5.74, 6) is -0.975. The number of para-hydroxylation sites is 2. The fourth-order valence-corrected chi connectivity index (χ4v) is 3.70. The number of halogens is 2. The predicted molar refractivity (Wildman–Crippen MR) is 117 cm³/mol. The largest absolute Gasteiger partial charge is 0.434 e. The number of carbonyl (C=O) groups is 2.